The van der Waals surface area contributed by atoms with E-state index in [1.54, 1.807) is 17.5 Å². The Morgan fingerprint density at radius 2 is 2.11 bits per heavy atom. The van der Waals surface area contributed by atoms with E-state index in [9.17, 15) is 9.59 Å². The summed E-state index contributed by atoms with van der Waals surface area (Å²) < 4.78 is 5.40. The lowest BCUT2D eigenvalue weighted by Crippen LogP contribution is -2.44. The molecule has 5 rings (SSSR count). The summed E-state index contributed by atoms with van der Waals surface area (Å²) in [6.07, 6.45) is 4.02. The maximum Gasteiger partial charge on any atom is 0.240 e. The average molecular weight is 398 g/mol. The number of hydrogen-bond donors (Lipinski definition) is 0. The molecule has 1 spiro atoms. The molecule has 4 heterocycles. The zero-order chi connectivity index (χ0) is 19.1. The van der Waals surface area contributed by atoms with Gasteiger partial charge in [-0.25, -0.2) is 4.98 Å². The molecule has 0 aliphatic carbocycles. The first-order valence-electron chi connectivity index (χ1n) is 9.85. The van der Waals surface area contributed by atoms with Crippen molar-refractivity contribution in [2.75, 3.05) is 31.2 Å². The van der Waals surface area contributed by atoms with Crippen LogP contribution in [0.1, 0.15) is 29.8 Å². The van der Waals surface area contributed by atoms with Crippen LogP contribution in [-0.2, 0) is 26.3 Å². The summed E-state index contributed by atoms with van der Waals surface area (Å²) >= 11 is 1.56. The third kappa shape index (κ3) is 2.76. The Labute approximate surface area is 168 Å². The van der Waals surface area contributed by atoms with E-state index in [1.807, 2.05) is 33.4 Å². The molecule has 146 valence electrons. The van der Waals surface area contributed by atoms with Crippen LogP contribution in [-0.4, -0.2) is 48.0 Å². The lowest BCUT2D eigenvalue weighted by molar-refractivity contribution is -0.137. The first-order valence-corrected chi connectivity index (χ1v) is 10.7. The molecule has 2 amide bonds. The summed E-state index contributed by atoms with van der Waals surface area (Å²) in [6, 6.07) is 8.03. The van der Waals surface area contributed by atoms with Crippen LogP contribution in [0.15, 0.2) is 35.8 Å². The predicted molar refractivity (Wildman–Crippen MR) is 106 cm³/mol. The number of fused-ring (bicyclic) bond motifs is 2. The number of rotatable bonds is 3. The molecular weight excluding hydrogens is 374 g/mol. The molecule has 7 heteroatoms. The van der Waals surface area contributed by atoms with Crippen molar-refractivity contribution >= 4 is 28.8 Å². The molecule has 3 aliphatic rings. The molecule has 1 aromatic carbocycles. The second kappa shape index (κ2) is 6.97. The van der Waals surface area contributed by atoms with E-state index in [0.29, 0.717) is 39.3 Å². The van der Waals surface area contributed by atoms with Crippen molar-refractivity contribution in [1.82, 2.24) is 9.88 Å². The first-order chi connectivity index (χ1) is 13.7. The summed E-state index contributed by atoms with van der Waals surface area (Å²) in [6.45, 7) is 2.91. The lowest BCUT2D eigenvalue weighted by Gasteiger charge is -2.28. The summed E-state index contributed by atoms with van der Waals surface area (Å²) in [5.74, 6) is 0.317. The normalized spacial score (nSPS) is 24.9. The van der Waals surface area contributed by atoms with Crippen LogP contribution in [0.2, 0.25) is 0 Å². The Morgan fingerprint density at radius 3 is 2.89 bits per heavy atom. The smallest absolute Gasteiger partial charge is 0.240 e. The number of thiazole rings is 1. The molecule has 0 radical (unpaired) electrons. The van der Waals surface area contributed by atoms with E-state index in [-0.39, 0.29) is 17.7 Å². The van der Waals surface area contributed by atoms with Gasteiger partial charge in [-0.2, -0.15) is 0 Å². The third-order valence-electron chi connectivity index (χ3n) is 6.29. The summed E-state index contributed by atoms with van der Waals surface area (Å²) in [5, 5.41) is 2.86. The molecule has 2 saturated heterocycles. The highest BCUT2D eigenvalue weighted by Gasteiger charge is 2.55. The minimum absolute atomic E-state index is 0.0297. The van der Waals surface area contributed by atoms with Crippen LogP contribution in [0.3, 0.4) is 0 Å². The van der Waals surface area contributed by atoms with Crippen LogP contribution in [0.25, 0.3) is 0 Å². The topological polar surface area (TPSA) is 62.7 Å². The number of ether oxygens (including phenoxy) is 1. The molecule has 6 nitrogen and oxygen atoms in total. The van der Waals surface area contributed by atoms with Gasteiger partial charge in [0.15, 0.2) is 0 Å². The molecule has 1 aromatic heterocycles. The highest BCUT2D eigenvalue weighted by atomic mass is 32.1. The maximum absolute atomic E-state index is 13.6. The van der Waals surface area contributed by atoms with Crippen molar-refractivity contribution in [3.8, 4) is 0 Å². The van der Waals surface area contributed by atoms with E-state index >= 15 is 0 Å². The van der Waals surface area contributed by atoms with Crippen molar-refractivity contribution in [2.24, 2.45) is 5.92 Å². The van der Waals surface area contributed by atoms with E-state index in [0.717, 1.165) is 29.1 Å². The Hall–Kier alpha value is -2.25. The second-order valence-electron chi connectivity index (χ2n) is 7.81. The van der Waals surface area contributed by atoms with E-state index in [2.05, 4.69) is 11.1 Å². The minimum Gasteiger partial charge on any atom is -0.381 e. The monoisotopic (exact) mass is 397 g/mol. The van der Waals surface area contributed by atoms with Gasteiger partial charge in [0.2, 0.25) is 11.8 Å². The maximum atomic E-state index is 13.6. The van der Waals surface area contributed by atoms with Crippen LogP contribution in [0.4, 0.5) is 5.69 Å². The van der Waals surface area contributed by atoms with Crippen molar-refractivity contribution in [3.63, 3.8) is 0 Å². The number of amides is 2. The second-order valence-corrected chi connectivity index (χ2v) is 8.79. The Bertz CT molecular complexity index is 894. The first kappa shape index (κ1) is 17.8. The van der Waals surface area contributed by atoms with Crippen LogP contribution >= 0.6 is 11.3 Å². The van der Waals surface area contributed by atoms with Crippen LogP contribution < -0.4 is 4.90 Å². The summed E-state index contributed by atoms with van der Waals surface area (Å²) in [7, 11) is 0. The van der Waals surface area contributed by atoms with Gasteiger partial charge in [-0.05, 0) is 30.9 Å². The van der Waals surface area contributed by atoms with Gasteiger partial charge in [-0.15, -0.1) is 11.3 Å². The molecule has 2 fully saturated rings. The zero-order valence-electron chi connectivity index (χ0n) is 15.7. The number of carbonyl (C=O) groups excluding carboxylic acids is 2. The minimum atomic E-state index is -0.616. The standard InChI is InChI=1S/C21H23N3O3S/c25-19(15-5-10-27-11-6-15)23-9-7-21(14-23)16-3-1-2-4-17(16)24(20(21)26)13-18-22-8-12-28-18/h1-4,8,12,15H,5-7,9-11,13-14H2. The summed E-state index contributed by atoms with van der Waals surface area (Å²) in [5.41, 5.74) is 1.40. The van der Waals surface area contributed by atoms with Gasteiger partial charge in [0, 0.05) is 49.5 Å². The zero-order valence-corrected chi connectivity index (χ0v) is 16.5. The quantitative estimate of drug-likeness (QED) is 0.799. The number of hydrogen-bond acceptors (Lipinski definition) is 5. The predicted octanol–water partition coefficient (Wildman–Crippen LogP) is 2.59. The fourth-order valence-electron chi connectivity index (χ4n) is 4.81. The van der Waals surface area contributed by atoms with Crippen molar-refractivity contribution < 1.29 is 14.3 Å². The largest absolute Gasteiger partial charge is 0.381 e. The number of aromatic nitrogens is 1. The number of para-hydroxylation sites is 1. The molecule has 0 bridgehead atoms. The van der Waals surface area contributed by atoms with Gasteiger partial charge in [0.05, 0.1) is 12.0 Å². The lowest BCUT2D eigenvalue weighted by atomic mass is 9.81. The number of nitrogens with zero attached hydrogens (tertiary/aromatic N) is 3. The molecule has 1 unspecified atom stereocenters. The molecule has 3 aliphatic heterocycles. The van der Waals surface area contributed by atoms with Crippen molar-refractivity contribution in [2.45, 2.75) is 31.2 Å². The van der Waals surface area contributed by atoms with Gasteiger partial charge >= 0.3 is 0 Å². The van der Waals surface area contributed by atoms with E-state index in [4.69, 9.17) is 4.74 Å². The number of carbonyl (C=O) groups is 2. The molecule has 28 heavy (non-hydrogen) atoms. The molecule has 0 saturated carbocycles. The Morgan fingerprint density at radius 1 is 1.29 bits per heavy atom. The van der Waals surface area contributed by atoms with Gasteiger partial charge in [-0.3, -0.25) is 9.59 Å². The number of benzene rings is 1. The summed E-state index contributed by atoms with van der Waals surface area (Å²) in [4.78, 5) is 34.8. The highest BCUT2D eigenvalue weighted by molar-refractivity contribution is 7.09. The molecule has 1 atom stereocenters. The average Bonchev–Trinajstić information content (AvgIpc) is 3.46. The molecular formula is C21H23N3O3S. The van der Waals surface area contributed by atoms with Crippen molar-refractivity contribution in [1.29, 1.82) is 0 Å². The third-order valence-corrected chi connectivity index (χ3v) is 7.06. The number of likely N-dealkylation sites (tertiary alicyclic amines) is 1. The fourth-order valence-corrected chi connectivity index (χ4v) is 5.42. The van der Waals surface area contributed by atoms with E-state index in [1.165, 1.54) is 0 Å². The highest BCUT2D eigenvalue weighted by Crippen LogP contribution is 2.48. The SMILES string of the molecule is O=C(C1CCOCC1)N1CCC2(C1)C(=O)N(Cc1nccs1)c1ccccc12. The van der Waals surface area contributed by atoms with Gasteiger partial charge < -0.3 is 14.5 Å². The van der Waals surface area contributed by atoms with Gasteiger partial charge in [0.25, 0.3) is 0 Å². The Balaban J connectivity index is 1.43. The van der Waals surface area contributed by atoms with Crippen molar-refractivity contribution in [3.05, 3.63) is 46.4 Å². The van der Waals surface area contributed by atoms with Gasteiger partial charge in [0.1, 0.15) is 5.01 Å². The Kier molecular flexibility index (Phi) is 4.44. The van der Waals surface area contributed by atoms with Gasteiger partial charge in [-0.1, -0.05) is 18.2 Å². The fraction of sp³-hybridized carbons (Fsp3) is 0.476. The van der Waals surface area contributed by atoms with E-state index < -0.39 is 5.41 Å². The van der Waals surface area contributed by atoms with Crippen LogP contribution in [0, 0.1) is 5.92 Å². The molecule has 2 aromatic rings. The van der Waals surface area contributed by atoms with Crippen LogP contribution in [0.5, 0.6) is 0 Å². The molecule has 0 N–H and O–H groups in total. The number of anilines is 1.